The molecule has 0 N–H and O–H groups in total. The fourth-order valence-corrected chi connectivity index (χ4v) is 5.17. The molecule has 184 valence electrons. The molecule has 0 radical (unpaired) electrons. The molecule has 35 heavy (non-hydrogen) atoms. The molecule has 0 aromatic heterocycles. The lowest BCUT2D eigenvalue weighted by atomic mass is 10.2. The summed E-state index contributed by atoms with van der Waals surface area (Å²) in [7, 11) is -2.62. The number of thioether (sulfide) groups is 1. The minimum atomic E-state index is -4.10. The van der Waals surface area contributed by atoms with Crippen LogP contribution in [0.2, 0.25) is 0 Å². The lowest BCUT2D eigenvalue weighted by Gasteiger charge is -2.28. The molecule has 0 saturated carbocycles. The average Bonchev–Trinajstić information content (AvgIpc) is 3.11. The lowest BCUT2D eigenvalue weighted by Crippen LogP contribution is -2.46. The third-order valence-corrected chi connectivity index (χ3v) is 7.41. The summed E-state index contributed by atoms with van der Waals surface area (Å²) in [6.07, 6.45) is 1.46. The SMILES string of the molecule is COc1ccc(S(=O)(=O)Oc2cccc(/C=C3\SC(=O)N(CC(=O)N4CCOCC4)C3=O)c2)cc1. The molecule has 4 rings (SSSR count). The molecule has 0 aliphatic carbocycles. The van der Waals surface area contributed by atoms with Crippen LogP contribution in [0.1, 0.15) is 5.56 Å². The van der Waals surface area contributed by atoms with Gasteiger partial charge in [0.1, 0.15) is 22.9 Å². The summed E-state index contributed by atoms with van der Waals surface area (Å²) in [5.74, 6) is -0.363. The van der Waals surface area contributed by atoms with Crippen LogP contribution in [-0.4, -0.2) is 75.2 Å². The Morgan fingerprint density at radius 1 is 1.09 bits per heavy atom. The molecule has 0 bridgehead atoms. The van der Waals surface area contributed by atoms with E-state index in [0.717, 1.165) is 4.90 Å². The summed E-state index contributed by atoms with van der Waals surface area (Å²) in [4.78, 5) is 40.1. The Bertz CT molecular complexity index is 1270. The number of morpholine rings is 1. The zero-order valence-electron chi connectivity index (χ0n) is 18.7. The van der Waals surface area contributed by atoms with Crippen molar-refractivity contribution in [3.63, 3.8) is 0 Å². The summed E-state index contributed by atoms with van der Waals surface area (Å²) in [6, 6.07) is 11.9. The van der Waals surface area contributed by atoms with Crippen molar-refractivity contribution in [3.8, 4) is 11.5 Å². The number of ether oxygens (including phenoxy) is 2. The van der Waals surface area contributed by atoms with Crippen LogP contribution in [0.3, 0.4) is 0 Å². The second-order valence-electron chi connectivity index (χ2n) is 7.55. The van der Waals surface area contributed by atoms with E-state index in [-0.39, 0.29) is 28.0 Å². The van der Waals surface area contributed by atoms with E-state index >= 15 is 0 Å². The molecule has 2 aliphatic rings. The summed E-state index contributed by atoms with van der Waals surface area (Å²) >= 11 is 0.717. The molecule has 2 aromatic carbocycles. The smallest absolute Gasteiger partial charge is 0.339 e. The van der Waals surface area contributed by atoms with Crippen LogP contribution in [-0.2, 0) is 24.4 Å². The maximum atomic E-state index is 12.8. The van der Waals surface area contributed by atoms with E-state index in [2.05, 4.69) is 0 Å². The molecular formula is C23H22N2O8S2. The highest BCUT2D eigenvalue weighted by Gasteiger charge is 2.37. The van der Waals surface area contributed by atoms with Crippen LogP contribution in [0, 0.1) is 0 Å². The highest BCUT2D eigenvalue weighted by atomic mass is 32.2. The number of methoxy groups -OCH3 is 1. The topological polar surface area (TPSA) is 120 Å². The predicted octanol–water partition coefficient (Wildman–Crippen LogP) is 2.36. The Balaban J connectivity index is 1.46. The van der Waals surface area contributed by atoms with Crippen LogP contribution in [0.15, 0.2) is 58.3 Å². The third-order valence-electron chi connectivity index (χ3n) is 5.24. The molecule has 10 nitrogen and oxygen atoms in total. The number of benzene rings is 2. The highest BCUT2D eigenvalue weighted by Crippen LogP contribution is 2.33. The van der Waals surface area contributed by atoms with Gasteiger partial charge >= 0.3 is 10.1 Å². The predicted molar refractivity (Wildman–Crippen MR) is 127 cm³/mol. The number of hydrogen-bond donors (Lipinski definition) is 0. The van der Waals surface area contributed by atoms with Gasteiger partial charge < -0.3 is 18.6 Å². The maximum absolute atomic E-state index is 12.8. The number of rotatable bonds is 7. The average molecular weight is 519 g/mol. The zero-order valence-corrected chi connectivity index (χ0v) is 20.3. The fraction of sp³-hybridized carbons (Fsp3) is 0.261. The first-order valence-corrected chi connectivity index (χ1v) is 12.8. The van der Waals surface area contributed by atoms with Crippen molar-refractivity contribution in [1.82, 2.24) is 9.80 Å². The van der Waals surface area contributed by atoms with Gasteiger partial charge in [-0.2, -0.15) is 8.42 Å². The Kier molecular flexibility index (Phi) is 7.43. The summed E-state index contributed by atoms with van der Waals surface area (Å²) in [6.45, 7) is 1.32. The largest absolute Gasteiger partial charge is 0.497 e. The van der Waals surface area contributed by atoms with Crippen molar-refractivity contribution in [3.05, 3.63) is 59.0 Å². The van der Waals surface area contributed by atoms with E-state index < -0.39 is 21.3 Å². The van der Waals surface area contributed by atoms with Crippen LogP contribution >= 0.6 is 11.8 Å². The van der Waals surface area contributed by atoms with Crippen LogP contribution < -0.4 is 8.92 Å². The molecule has 2 aliphatic heterocycles. The second kappa shape index (κ2) is 10.5. The number of amides is 3. The van der Waals surface area contributed by atoms with Crippen LogP contribution in [0.5, 0.6) is 11.5 Å². The summed E-state index contributed by atoms with van der Waals surface area (Å²) in [5, 5.41) is -0.544. The van der Waals surface area contributed by atoms with Crippen molar-refractivity contribution < 1.29 is 36.5 Å². The molecule has 2 fully saturated rings. The molecule has 2 saturated heterocycles. The van der Waals surface area contributed by atoms with Gasteiger partial charge in [0, 0.05) is 13.1 Å². The molecule has 2 heterocycles. The Morgan fingerprint density at radius 2 is 1.80 bits per heavy atom. The molecule has 2 aromatic rings. The molecule has 12 heteroatoms. The fourth-order valence-electron chi connectivity index (χ4n) is 3.41. The van der Waals surface area contributed by atoms with E-state index in [1.54, 1.807) is 17.0 Å². The van der Waals surface area contributed by atoms with Crippen molar-refractivity contribution in [2.75, 3.05) is 40.0 Å². The number of carbonyl (C=O) groups excluding carboxylic acids is 3. The van der Waals surface area contributed by atoms with Gasteiger partial charge in [-0.15, -0.1) is 0 Å². The Hall–Kier alpha value is -3.35. The number of hydrogen-bond acceptors (Lipinski definition) is 9. The molecular weight excluding hydrogens is 496 g/mol. The van der Waals surface area contributed by atoms with Crippen molar-refractivity contribution in [2.24, 2.45) is 0 Å². The van der Waals surface area contributed by atoms with E-state index in [4.69, 9.17) is 13.7 Å². The van der Waals surface area contributed by atoms with E-state index in [1.165, 1.54) is 49.6 Å². The standard InChI is InChI=1S/C23H22N2O8S2/c1-31-17-5-7-19(8-6-17)35(29,30)33-18-4-2-3-16(13-18)14-20-22(27)25(23(28)34-20)15-21(26)24-9-11-32-12-10-24/h2-8,13-14H,9-12,15H2,1H3/b20-14-. The van der Waals surface area contributed by atoms with Gasteiger partial charge in [-0.05, 0) is 59.8 Å². The van der Waals surface area contributed by atoms with Gasteiger partial charge in [0.05, 0.1) is 25.2 Å². The van der Waals surface area contributed by atoms with Crippen molar-refractivity contribution >= 4 is 45.0 Å². The number of imide groups is 1. The van der Waals surface area contributed by atoms with Gasteiger partial charge in [-0.25, -0.2) is 0 Å². The third kappa shape index (κ3) is 5.84. The summed E-state index contributed by atoms with van der Waals surface area (Å²) < 4.78 is 40.7. The van der Waals surface area contributed by atoms with Crippen molar-refractivity contribution in [2.45, 2.75) is 4.90 Å². The van der Waals surface area contributed by atoms with Gasteiger partial charge in [-0.1, -0.05) is 12.1 Å². The van der Waals surface area contributed by atoms with Gasteiger partial charge in [-0.3, -0.25) is 19.3 Å². The summed E-state index contributed by atoms with van der Waals surface area (Å²) in [5.41, 5.74) is 0.456. The first-order chi connectivity index (χ1) is 16.8. The second-order valence-corrected chi connectivity index (χ2v) is 10.1. The number of nitrogens with zero attached hydrogens (tertiary/aromatic N) is 2. The number of carbonyl (C=O) groups is 3. The normalized spacial score (nSPS) is 17.7. The molecule has 0 unspecified atom stereocenters. The van der Waals surface area contributed by atoms with Crippen molar-refractivity contribution in [1.29, 1.82) is 0 Å². The van der Waals surface area contributed by atoms with E-state index in [1.807, 2.05) is 0 Å². The molecule has 3 amide bonds. The lowest BCUT2D eigenvalue weighted by molar-refractivity contribution is -0.139. The Morgan fingerprint density at radius 3 is 2.49 bits per heavy atom. The Labute approximate surface area is 206 Å². The minimum Gasteiger partial charge on any atom is -0.497 e. The van der Waals surface area contributed by atoms with Gasteiger partial charge in [0.25, 0.3) is 11.1 Å². The minimum absolute atomic E-state index is 0.0382. The quantitative estimate of drug-likeness (QED) is 0.402. The van der Waals surface area contributed by atoms with E-state index in [0.29, 0.717) is 49.4 Å². The zero-order chi connectivity index (χ0) is 25.0. The van der Waals surface area contributed by atoms with Crippen LogP contribution in [0.4, 0.5) is 4.79 Å². The van der Waals surface area contributed by atoms with Gasteiger partial charge in [0.2, 0.25) is 5.91 Å². The molecule has 0 spiro atoms. The van der Waals surface area contributed by atoms with E-state index in [9.17, 15) is 22.8 Å². The van der Waals surface area contributed by atoms with Gasteiger partial charge in [0.15, 0.2) is 0 Å². The van der Waals surface area contributed by atoms with Crippen LogP contribution in [0.25, 0.3) is 6.08 Å². The highest BCUT2D eigenvalue weighted by molar-refractivity contribution is 8.18. The first-order valence-electron chi connectivity index (χ1n) is 10.6. The monoisotopic (exact) mass is 518 g/mol. The molecule has 0 atom stereocenters. The first kappa shape index (κ1) is 24.8. The maximum Gasteiger partial charge on any atom is 0.339 e.